The average molecular weight is 511 g/mol. The van der Waals surface area contributed by atoms with E-state index in [0.29, 0.717) is 23.9 Å². The van der Waals surface area contributed by atoms with Gasteiger partial charge in [-0.2, -0.15) is 0 Å². The zero-order chi connectivity index (χ0) is 19.6. The summed E-state index contributed by atoms with van der Waals surface area (Å²) in [5.41, 5.74) is 0. The van der Waals surface area contributed by atoms with Gasteiger partial charge in [-0.1, -0.05) is 27.7 Å². The maximum absolute atomic E-state index is 5.51. The molecule has 0 spiro atoms. The number of nitrogens with zero attached hydrogens (tertiary/aromatic N) is 3. The van der Waals surface area contributed by atoms with Crippen molar-refractivity contribution in [1.29, 1.82) is 0 Å². The summed E-state index contributed by atoms with van der Waals surface area (Å²) in [5.74, 6) is 2.07. The third kappa shape index (κ3) is 8.30. The van der Waals surface area contributed by atoms with Gasteiger partial charge in [0.25, 0.3) is 0 Å². The van der Waals surface area contributed by atoms with E-state index in [1.807, 2.05) is 7.05 Å². The monoisotopic (exact) mass is 511 g/mol. The van der Waals surface area contributed by atoms with Crippen molar-refractivity contribution in [3.63, 3.8) is 0 Å². The minimum atomic E-state index is 0. The number of morpholine rings is 2. The van der Waals surface area contributed by atoms with Gasteiger partial charge < -0.3 is 20.1 Å². The summed E-state index contributed by atoms with van der Waals surface area (Å²) in [7, 11) is 1.85. The molecule has 0 saturated carbocycles. The molecule has 0 aromatic carbocycles. The van der Waals surface area contributed by atoms with Crippen LogP contribution in [0.5, 0.6) is 0 Å². The van der Waals surface area contributed by atoms with Gasteiger partial charge in [0.2, 0.25) is 0 Å². The second-order valence-corrected chi connectivity index (χ2v) is 8.25. The van der Waals surface area contributed by atoms with Gasteiger partial charge in [-0.05, 0) is 11.8 Å². The van der Waals surface area contributed by atoms with Crippen molar-refractivity contribution in [2.45, 2.75) is 39.8 Å². The van der Waals surface area contributed by atoms with Gasteiger partial charge in [-0.25, -0.2) is 0 Å². The lowest BCUT2D eigenvalue weighted by Gasteiger charge is -2.38. The maximum Gasteiger partial charge on any atom is 0.191 e. The highest BCUT2D eigenvalue weighted by molar-refractivity contribution is 14.0. The molecule has 28 heavy (non-hydrogen) atoms. The number of halogens is 1. The molecule has 2 fully saturated rings. The molecule has 166 valence electrons. The van der Waals surface area contributed by atoms with E-state index < -0.39 is 0 Å². The molecule has 2 saturated heterocycles. The number of rotatable bonds is 8. The molecule has 2 unspecified atom stereocenters. The Kier molecular flexibility index (Phi) is 12.9. The normalized spacial score (nSPS) is 21.1. The predicted octanol–water partition coefficient (Wildman–Crippen LogP) is 1.48. The van der Waals surface area contributed by atoms with Gasteiger partial charge >= 0.3 is 0 Å². The Morgan fingerprint density at radius 2 is 1.14 bits per heavy atom. The highest BCUT2D eigenvalue weighted by atomic mass is 127. The molecule has 0 aliphatic carbocycles. The predicted molar refractivity (Wildman–Crippen MR) is 127 cm³/mol. The van der Waals surface area contributed by atoms with Gasteiger partial charge in [0.05, 0.1) is 26.4 Å². The summed E-state index contributed by atoms with van der Waals surface area (Å²) >= 11 is 0. The van der Waals surface area contributed by atoms with Crippen LogP contribution in [0.25, 0.3) is 0 Å². The summed E-state index contributed by atoms with van der Waals surface area (Å²) in [6, 6.07) is 0.986. The highest BCUT2D eigenvalue weighted by Crippen LogP contribution is 2.13. The van der Waals surface area contributed by atoms with Gasteiger partial charge in [0.1, 0.15) is 0 Å². The van der Waals surface area contributed by atoms with Crippen molar-refractivity contribution in [3.05, 3.63) is 0 Å². The maximum atomic E-state index is 5.51. The average Bonchev–Trinajstić information content (AvgIpc) is 2.68. The third-order valence-electron chi connectivity index (χ3n) is 5.75. The number of hydrogen-bond acceptors (Lipinski definition) is 5. The molecule has 2 heterocycles. The third-order valence-corrected chi connectivity index (χ3v) is 5.75. The first kappa shape index (κ1) is 25.9. The van der Waals surface area contributed by atoms with Crippen LogP contribution in [0.2, 0.25) is 0 Å². The SMILES string of the molecule is CN=C(NCC(C(C)C)N1CCOCC1)NCC(C(C)C)N1CCOCC1.I. The molecule has 2 aliphatic heterocycles. The van der Waals surface area contributed by atoms with Gasteiger partial charge in [-0.15, -0.1) is 24.0 Å². The first-order chi connectivity index (χ1) is 13.0. The molecule has 2 atom stereocenters. The van der Waals surface area contributed by atoms with Gasteiger partial charge in [-0.3, -0.25) is 14.8 Å². The summed E-state index contributed by atoms with van der Waals surface area (Å²) in [5, 5.41) is 7.12. The van der Waals surface area contributed by atoms with Crippen LogP contribution in [-0.2, 0) is 9.47 Å². The Morgan fingerprint density at radius 1 is 0.786 bits per heavy atom. The second-order valence-electron chi connectivity index (χ2n) is 8.25. The quantitative estimate of drug-likeness (QED) is 0.293. The Balaban J connectivity index is 0.00000392. The largest absolute Gasteiger partial charge is 0.379 e. The van der Waals surface area contributed by atoms with Crippen molar-refractivity contribution < 1.29 is 9.47 Å². The Morgan fingerprint density at radius 3 is 1.43 bits per heavy atom. The summed E-state index contributed by atoms with van der Waals surface area (Å²) in [6.07, 6.45) is 0. The van der Waals surface area contributed by atoms with E-state index in [4.69, 9.17) is 9.47 Å². The molecule has 0 radical (unpaired) electrons. The molecule has 0 aromatic heterocycles. The van der Waals surface area contributed by atoms with E-state index in [0.717, 1.165) is 71.7 Å². The Labute approximate surface area is 189 Å². The fraction of sp³-hybridized carbons (Fsp3) is 0.950. The number of aliphatic imine (C=N–C) groups is 1. The van der Waals surface area contributed by atoms with Crippen molar-refractivity contribution in [2.75, 3.05) is 72.7 Å². The lowest BCUT2D eigenvalue weighted by molar-refractivity contribution is 0.00676. The first-order valence-electron chi connectivity index (χ1n) is 10.6. The van der Waals surface area contributed by atoms with E-state index in [2.05, 4.69) is 53.1 Å². The van der Waals surface area contributed by atoms with Crippen LogP contribution in [0.4, 0.5) is 0 Å². The van der Waals surface area contributed by atoms with Crippen LogP contribution in [0.1, 0.15) is 27.7 Å². The molecule has 0 bridgehead atoms. The number of nitrogens with one attached hydrogen (secondary N) is 2. The Hall–Kier alpha value is -0.160. The standard InChI is InChI=1S/C20H41N5O2.HI/c1-16(2)18(24-6-10-26-11-7-24)14-22-20(21-5)23-15-19(17(3)4)25-8-12-27-13-9-25;/h16-19H,6-15H2,1-5H3,(H2,21,22,23);1H. The van der Waals surface area contributed by atoms with Crippen LogP contribution < -0.4 is 10.6 Å². The fourth-order valence-corrected chi connectivity index (χ4v) is 4.01. The number of ether oxygens (including phenoxy) is 2. The van der Waals surface area contributed by atoms with Crippen molar-refractivity contribution in [2.24, 2.45) is 16.8 Å². The molecule has 7 nitrogen and oxygen atoms in total. The highest BCUT2D eigenvalue weighted by Gasteiger charge is 2.25. The lowest BCUT2D eigenvalue weighted by atomic mass is 10.0. The lowest BCUT2D eigenvalue weighted by Crippen LogP contribution is -2.55. The Bertz CT molecular complexity index is 402. The van der Waals surface area contributed by atoms with E-state index >= 15 is 0 Å². The zero-order valence-electron chi connectivity index (χ0n) is 18.4. The molecule has 2 aliphatic rings. The summed E-state index contributed by atoms with van der Waals surface area (Å²) in [6.45, 7) is 18.4. The topological polar surface area (TPSA) is 61.4 Å². The molecule has 0 amide bonds. The minimum absolute atomic E-state index is 0. The van der Waals surface area contributed by atoms with Crippen molar-refractivity contribution in [1.82, 2.24) is 20.4 Å². The zero-order valence-corrected chi connectivity index (χ0v) is 20.8. The number of guanidine groups is 1. The smallest absolute Gasteiger partial charge is 0.191 e. The number of hydrogen-bond donors (Lipinski definition) is 2. The van der Waals surface area contributed by atoms with Crippen LogP contribution in [0, 0.1) is 11.8 Å². The molecular formula is C20H42IN5O2. The van der Waals surface area contributed by atoms with Crippen LogP contribution in [0.15, 0.2) is 4.99 Å². The van der Waals surface area contributed by atoms with Crippen LogP contribution in [0.3, 0.4) is 0 Å². The van der Waals surface area contributed by atoms with Crippen molar-refractivity contribution >= 4 is 29.9 Å². The summed E-state index contributed by atoms with van der Waals surface area (Å²) < 4.78 is 11.0. The van der Waals surface area contributed by atoms with Gasteiger partial charge in [0.15, 0.2) is 5.96 Å². The van der Waals surface area contributed by atoms with Gasteiger partial charge in [0, 0.05) is 58.4 Å². The molecule has 8 heteroatoms. The van der Waals surface area contributed by atoms with E-state index in [1.165, 1.54) is 0 Å². The second kappa shape index (κ2) is 14.0. The first-order valence-corrected chi connectivity index (χ1v) is 10.6. The van der Waals surface area contributed by atoms with E-state index in [-0.39, 0.29) is 24.0 Å². The fourth-order valence-electron chi connectivity index (χ4n) is 4.01. The van der Waals surface area contributed by atoms with Crippen LogP contribution in [-0.4, -0.2) is 101 Å². The molecule has 0 aromatic rings. The van der Waals surface area contributed by atoms with Crippen LogP contribution >= 0.6 is 24.0 Å². The molecule has 2 rings (SSSR count). The summed E-state index contributed by atoms with van der Waals surface area (Å²) in [4.78, 5) is 9.53. The van der Waals surface area contributed by atoms with E-state index in [9.17, 15) is 0 Å². The van der Waals surface area contributed by atoms with Crippen molar-refractivity contribution in [3.8, 4) is 0 Å². The van der Waals surface area contributed by atoms with E-state index in [1.54, 1.807) is 0 Å². The molecule has 2 N–H and O–H groups in total. The minimum Gasteiger partial charge on any atom is -0.379 e. The molecular weight excluding hydrogens is 469 g/mol.